The van der Waals surface area contributed by atoms with Crippen molar-refractivity contribution in [1.29, 1.82) is 0 Å². The lowest BCUT2D eigenvalue weighted by Gasteiger charge is -2.36. The van der Waals surface area contributed by atoms with Crippen LogP contribution in [-0.2, 0) is 6.42 Å². The van der Waals surface area contributed by atoms with Gasteiger partial charge in [-0.15, -0.1) is 0 Å². The van der Waals surface area contributed by atoms with E-state index < -0.39 is 0 Å². The maximum absolute atomic E-state index is 6.40. The van der Waals surface area contributed by atoms with E-state index in [1.165, 1.54) is 31.7 Å². The van der Waals surface area contributed by atoms with Crippen LogP contribution in [-0.4, -0.2) is 93.8 Å². The number of halogens is 2. The van der Waals surface area contributed by atoms with Crippen molar-refractivity contribution in [1.82, 2.24) is 14.7 Å². The highest BCUT2D eigenvalue weighted by atomic mass is 35.5. The Bertz CT molecular complexity index is 863. The van der Waals surface area contributed by atoms with E-state index in [9.17, 15) is 0 Å². The summed E-state index contributed by atoms with van der Waals surface area (Å²) in [6.07, 6.45) is 2.14. The van der Waals surface area contributed by atoms with Crippen molar-refractivity contribution in [2.75, 3.05) is 84.0 Å². The molecule has 5 nitrogen and oxygen atoms in total. The van der Waals surface area contributed by atoms with E-state index in [4.69, 9.17) is 27.9 Å². The number of anilines is 1. The molecule has 2 aliphatic heterocycles. The van der Waals surface area contributed by atoms with Gasteiger partial charge in [-0.25, -0.2) is 0 Å². The zero-order valence-corrected chi connectivity index (χ0v) is 21.2. The Hall–Kier alpha value is -1.50. The first-order chi connectivity index (χ1) is 16.1. The van der Waals surface area contributed by atoms with Gasteiger partial charge in [0, 0.05) is 65.4 Å². The molecule has 0 N–H and O–H groups in total. The first-order valence-corrected chi connectivity index (χ1v) is 12.9. The number of nitrogens with zero attached hydrogens (tertiary/aromatic N) is 4. The molecule has 2 aliphatic rings. The fourth-order valence-corrected chi connectivity index (χ4v) is 4.95. The van der Waals surface area contributed by atoms with Crippen LogP contribution < -0.4 is 9.64 Å². The predicted octanol–water partition coefficient (Wildman–Crippen LogP) is 4.37. The topological polar surface area (TPSA) is 22.2 Å². The molecule has 0 aliphatic carbocycles. The lowest BCUT2D eigenvalue weighted by atomic mass is 10.1. The summed E-state index contributed by atoms with van der Waals surface area (Å²) < 4.78 is 5.97. The normalized spacial score (nSPS) is 18.6. The Balaban J connectivity index is 1.13. The van der Waals surface area contributed by atoms with Gasteiger partial charge in [0.2, 0.25) is 0 Å². The van der Waals surface area contributed by atoms with Gasteiger partial charge in [-0.05, 0) is 49.7 Å². The van der Waals surface area contributed by atoms with Crippen LogP contribution in [0.1, 0.15) is 12.0 Å². The summed E-state index contributed by atoms with van der Waals surface area (Å²) in [4.78, 5) is 9.79. The second-order valence-corrected chi connectivity index (χ2v) is 9.93. The third-order valence-electron chi connectivity index (χ3n) is 6.77. The van der Waals surface area contributed by atoms with E-state index in [0.29, 0.717) is 10.0 Å². The molecular formula is C26H36Cl2N4O. The molecule has 0 atom stereocenters. The number of hydrogen-bond acceptors (Lipinski definition) is 5. The minimum Gasteiger partial charge on any atom is -0.494 e. The van der Waals surface area contributed by atoms with Crippen LogP contribution >= 0.6 is 23.2 Å². The van der Waals surface area contributed by atoms with Crippen LogP contribution in [0, 0.1) is 0 Å². The average Bonchev–Trinajstić information content (AvgIpc) is 2.84. The summed E-state index contributed by atoms with van der Waals surface area (Å²) in [6, 6.07) is 14.5. The van der Waals surface area contributed by atoms with Crippen molar-refractivity contribution >= 4 is 28.9 Å². The average molecular weight is 492 g/mol. The summed E-state index contributed by atoms with van der Waals surface area (Å²) in [5.41, 5.74) is 2.41. The van der Waals surface area contributed by atoms with E-state index in [2.05, 4.69) is 57.0 Å². The highest BCUT2D eigenvalue weighted by Gasteiger charge is 2.19. The molecule has 0 unspecified atom stereocenters. The smallest absolute Gasteiger partial charge is 0.119 e. The van der Waals surface area contributed by atoms with Crippen molar-refractivity contribution in [3.8, 4) is 5.75 Å². The van der Waals surface area contributed by atoms with E-state index in [-0.39, 0.29) is 0 Å². The maximum atomic E-state index is 6.40. The Morgan fingerprint density at radius 3 is 2.18 bits per heavy atom. The van der Waals surface area contributed by atoms with Crippen LogP contribution in [0.15, 0.2) is 42.5 Å². The van der Waals surface area contributed by atoms with Crippen molar-refractivity contribution in [2.24, 2.45) is 0 Å². The lowest BCUT2D eigenvalue weighted by molar-refractivity contribution is 0.145. The summed E-state index contributed by atoms with van der Waals surface area (Å²) in [6.45, 7) is 11.7. The minimum atomic E-state index is 0.624. The first kappa shape index (κ1) is 24.6. The molecule has 7 heteroatoms. The molecular weight excluding hydrogens is 455 g/mol. The number of rotatable bonds is 9. The SMILES string of the molecule is CN1CCN(CCCOc2ccc(CCN3CCN(c4cccc(Cl)c4Cl)CC3)cc2)CC1. The number of likely N-dealkylation sites (N-methyl/N-ethyl adjacent to an activating group) is 1. The predicted molar refractivity (Wildman–Crippen MR) is 139 cm³/mol. The van der Waals surface area contributed by atoms with Gasteiger partial charge in [-0.2, -0.15) is 0 Å². The second-order valence-electron chi connectivity index (χ2n) is 9.14. The number of benzene rings is 2. The Morgan fingerprint density at radius 2 is 1.45 bits per heavy atom. The van der Waals surface area contributed by atoms with Crippen LogP contribution in [0.4, 0.5) is 5.69 Å². The third kappa shape index (κ3) is 7.24. The monoisotopic (exact) mass is 490 g/mol. The molecule has 0 amide bonds. The Morgan fingerprint density at radius 1 is 0.788 bits per heavy atom. The molecule has 2 fully saturated rings. The van der Waals surface area contributed by atoms with Crippen molar-refractivity contribution in [3.63, 3.8) is 0 Å². The van der Waals surface area contributed by atoms with Gasteiger partial charge >= 0.3 is 0 Å². The highest BCUT2D eigenvalue weighted by molar-refractivity contribution is 6.43. The van der Waals surface area contributed by atoms with E-state index in [0.717, 1.165) is 70.2 Å². The minimum absolute atomic E-state index is 0.624. The molecule has 0 spiro atoms. The fourth-order valence-electron chi connectivity index (χ4n) is 4.54. The van der Waals surface area contributed by atoms with Gasteiger partial charge in [-0.3, -0.25) is 4.90 Å². The molecule has 0 bridgehead atoms. The third-order valence-corrected chi connectivity index (χ3v) is 7.58. The van der Waals surface area contributed by atoms with Crippen LogP contribution in [0.25, 0.3) is 0 Å². The van der Waals surface area contributed by atoms with Crippen molar-refractivity contribution in [3.05, 3.63) is 58.1 Å². The maximum Gasteiger partial charge on any atom is 0.119 e. The largest absolute Gasteiger partial charge is 0.494 e. The van der Waals surface area contributed by atoms with Gasteiger partial charge < -0.3 is 19.4 Å². The number of hydrogen-bond donors (Lipinski definition) is 0. The molecule has 2 saturated heterocycles. The standard InChI is InChI=1S/C26H36Cl2N4O/c1-29-13-15-30(16-14-29)11-3-21-33-23-8-6-22(7-9-23)10-12-31-17-19-32(20-18-31)25-5-2-4-24(27)26(25)28/h2,4-9H,3,10-21H2,1H3. The lowest BCUT2D eigenvalue weighted by Crippen LogP contribution is -2.47. The summed E-state index contributed by atoms with van der Waals surface area (Å²) in [5.74, 6) is 0.976. The van der Waals surface area contributed by atoms with Gasteiger partial charge in [0.15, 0.2) is 0 Å². The number of piperazine rings is 2. The first-order valence-electron chi connectivity index (χ1n) is 12.1. The Labute approximate surface area is 208 Å². The van der Waals surface area contributed by atoms with E-state index in [1.807, 2.05) is 12.1 Å². The molecule has 0 saturated carbocycles. The zero-order chi connectivity index (χ0) is 23.0. The van der Waals surface area contributed by atoms with Crippen molar-refractivity contribution in [2.45, 2.75) is 12.8 Å². The highest BCUT2D eigenvalue weighted by Crippen LogP contribution is 2.32. The van der Waals surface area contributed by atoms with Crippen LogP contribution in [0.3, 0.4) is 0 Å². The number of ether oxygens (including phenoxy) is 1. The van der Waals surface area contributed by atoms with E-state index >= 15 is 0 Å². The molecule has 2 aromatic rings. The zero-order valence-electron chi connectivity index (χ0n) is 19.7. The summed E-state index contributed by atoms with van der Waals surface area (Å²) in [7, 11) is 2.20. The fraction of sp³-hybridized carbons (Fsp3) is 0.538. The molecule has 2 aromatic carbocycles. The van der Waals surface area contributed by atoms with Crippen LogP contribution in [0.5, 0.6) is 5.75 Å². The summed E-state index contributed by atoms with van der Waals surface area (Å²) >= 11 is 12.6. The molecule has 0 aromatic heterocycles. The van der Waals surface area contributed by atoms with Crippen LogP contribution in [0.2, 0.25) is 10.0 Å². The van der Waals surface area contributed by atoms with Crippen molar-refractivity contribution < 1.29 is 4.74 Å². The summed E-state index contributed by atoms with van der Waals surface area (Å²) in [5, 5.41) is 1.29. The molecule has 180 valence electrons. The van der Waals surface area contributed by atoms with Gasteiger partial charge in [-0.1, -0.05) is 41.4 Å². The Kier molecular flexibility index (Phi) is 9.16. The molecule has 0 radical (unpaired) electrons. The van der Waals surface area contributed by atoms with Gasteiger partial charge in [0.25, 0.3) is 0 Å². The van der Waals surface area contributed by atoms with Gasteiger partial charge in [0.05, 0.1) is 22.3 Å². The van der Waals surface area contributed by atoms with Gasteiger partial charge in [0.1, 0.15) is 5.75 Å². The molecule has 33 heavy (non-hydrogen) atoms. The molecule has 2 heterocycles. The quantitative estimate of drug-likeness (QED) is 0.485. The van der Waals surface area contributed by atoms with E-state index in [1.54, 1.807) is 0 Å². The second kappa shape index (κ2) is 12.3. The molecule has 4 rings (SSSR count).